The molecule has 5 aromatic rings. The van der Waals surface area contributed by atoms with Crippen molar-refractivity contribution in [1.29, 1.82) is 0 Å². The van der Waals surface area contributed by atoms with Crippen LogP contribution in [0.5, 0.6) is 0 Å². The second-order valence-corrected chi connectivity index (χ2v) is 12.0. The summed E-state index contributed by atoms with van der Waals surface area (Å²) in [5, 5.41) is 0.881. The van der Waals surface area contributed by atoms with Crippen LogP contribution < -0.4 is 0 Å². The maximum atomic E-state index is 6.46. The summed E-state index contributed by atoms with van der Waals surface area (Å²) in [4.78, 5) is 10.4. The van der Waals surface area contributed by atoms with Gasteiger partial charge in [0.1, 0.15) is 17.0 Å². The van der Waals surface area contributed by atoms with E-state index in [1.54, 1.807) is 7.05 Å². The maximum absolute atomic E-state index is 6.46. The van der Waals surface area contributed by atoms with Gasteiger partial charge < -0.3 is 4.42 Å². The smallest absolute Gasteiger partial charge is 0.179 e. The summed E-state index contributed by atoms with van der Waals surface area (Å²) < 4.78 is 6.46. The fourth-order valence-electron chi connectivity index (χ4n) is 5.84. The summed E-state index contributed by atoms with van der Waals surface area (Å²) in [7, 11) is 1.77. The molecule has 0 N–H and O–H groups in total. The topological polar surface area (TPSA) is 37.9 Å². The molecule has 3 nitrogen and oxygen atoms in total. The SMILES string of the molecule is C=CC(=C\C(=C/C)c1cccc2c1SC/C=C\C=C/C2=C)/C(=N/C)c1oc2ccc(-c3ccc(-c4ccccc4)cc3)cc2c1N=C. The highest BCUT2D eigenvalue weighted by Gasteiger charge is 2.22. The molecule has 1 aliphatic rings. The van der Waals surface area contributed by atoms with Crippen LogP contribution in [0.3, 0.4) is 0 Å². The van der Waals surface area contributed by atoms with Crippen LogP contribution in [0.2, 0.25) is 0 Å². The number of hydrogen-bond donors (Lipinski definition) is 0. The van der Waals surface area contributed by atoms with E-state index in [-0.39, 0.29) is 0 Å². The van der Waals surface area contributed by atoms with Crippen LogP contribution >= 0.6 is 11.8 Å². The van der Waals surface area contributed by atoms with Gasteiger partial charge in [-0.15, -0.1) is 11.8 Å². The zero-order chi connectivity index (χ0) is 32.8. The minimum absolute atomic E-state index is 0.563. The van der Waals surface area contributed by atoms with E-state index in [0.717, 1.165) is 55.7 Å². The third-order valence-corrected chi connectivity index (χ3v) is 9.33. The molecule has 4 aromatic carbocycles. The minimum atomic E-state index is 0.563. The number of rotatable bonds is 8. The number of furan rings is 1. The van der Waals surface area contributed by atoms with Crippen molar-refractivity contribution in [2.45, 2.75) is 11.8 Å². The van der Waals surface area contributed by atoms with Crippen LogP contribution in [0.1, 0.15) is 23.8 Å². The number of benzene rings is 4. The third kappa shape index (κ3) is 6.46. The average Bonchev–Trinajstić information content (AvgIpc) is 3.52. The van der Waals surface area contributed by atoms with Gasteiger partial charge in [0.25, 0.3) is 0 Å². The minimum Gasteiger partial charge on any atom is -0.452 e. The van der Waals surface area contributed by atoms with Crippen molar-refractivity contribution < 1.29 is 4.42 Å². The molecule has 230 valence electrons. The van der Waals surface area contributed by atoms with E-state index in [4.69, 9.17) is 9.41 Å². The first-order chi connectivity index (χ1) is 23.1. The van der Waals surface area contributed by atoms with Crippen molar-refractivity contribution in [3.63, 3.8) is 0 Å². The zero-order valence-electron chi connectivity index (χ0n) is 26.7. The normalized spacial score (nSPS) is 15.4. The maximum Gasteiger partial charge on any atom is 0.179 e. The van der Waals surface area contributed by atoms with Gasteiger partial charge in [-0.3, -0.25) is 9.98 Å². The van der Waals surface area contributed by atoms with Crippen LogP contribution in [0, 0.1) is 0 Å². The van der Waals surface area contributed by atoms with Crippen LogP contribution in [-0.2, 0) is 0 Å². The molecule has 0 bridgehead atoms. The quantitative estimate of drug-likeness (QED) is 0.127. The van der Waals surface area contributed by atoms with E-state index in [0.29, 0.717) is 17.2 Å². The van der Waals surface area contributed by atoms with Gasteiger partial charge in [-0.25, -0.2) is 0 Å². The van der Waals surface area contributed by atoms with Crippen molar-refractivity contribution in [3.05, 3.63) is 169 Å². The number of nitrogens with zero attached hydrogens (tertiary/aromatic N) is 2. The zero-order valence-corrected chi connectivity index (χ0v) is 27.6. The molecule has 1 aliphatic heterocycles. The largest absolute Gasteiger partial charge is 0.452 e. The molecule has 2 heterocycles. The first-order valence-corrected chi connectivity index (χ1v) is 16.5. The monoisotopic (exact) mass is 628 g/mol. The first-order valence-electron chi connectivity index (χ1n) is 15.5. The highest BCUT2D eigenvalue weighted by molar-refractivity contribution is 7.99. The fourth-order valence-corrected chi connectivity index (χ4v) is 6.91. The van der Waals surface area contributed by atoms with Gasteiger partial charge in [-0.2, -0.15) is 0 Å². The van der Waals surface area contributed by atoms with Crippen molar-refractivity contribution in [3.8, 4) is 22.3 Å². The van der Waals surface area contributed by atoms with Gasteiger partial charge in [-0.05, 0) is 76.4 Å². The Kier molecular flexibility index (Phi) is 9.61. The lowest BCUT2D eigenvalue weighted by atomic mass is 9.95. The molecular weight excluding hydrogens is 593 g/mol. The Morgan fingerprint density at radius 3 is 2.30 bits per heavy atom. The van der Waals surface area contributed by atoms with E-state index >= 15 is 0 Å². The second kappa shape index (κ2) is 14.3. The van der Waals surface area contributed by atoms with Crippen molar-refractivity contribution in [1.82, 2.24) is 0 Å². The predicted octanol–water partition coefficient (Wildman–Crippen LogP) is 12.0. The number of aliphatic imine (C=N–C) groups is 2. The molecule has 0 aliphatic carbocycles. The molecular formula is C43H36N2OS. The third-order valence-electron chi connectivity index (χ3n) is 8.24. The predicted molar refractivity (Wildman–Crippen MR) is 205 cm³/mol. The Labute approximate surface area is 281 Å². The van der Waals surface area contributed by atoms with Gasteiger partial charge in [0.2, 0.25) is 0 Å². The van der Waals surface area contributed by atoms with E-state index in [9.17, 15) is 0 Å². The Morgan fingerprint density at radius 1 is 0.872 bits per heavy atom. The van der Waals surface area contributed by atoms with E-state index in [2.05, 4.69) is 141 Å². The van der Waals surface area contributed by atoms with E-state index in [1.165, 1.54) is 16.0 Å². The summed E-state index contributed by atoms with van der Waals surface area (Å²) in [5.41, 5.74) is 11.7. The average molecular weight is 629 g/mol. The molecule has 0 atom stereocenters. The summed E-state index contributed by atoms with van der Waals surface area (Å²) in [6.07, 6.45) is 14.4. The van der Waals surface area contributed by atoms with Gasteiger partial charge >= 0.3 is 0 Å². The van der Waals surface area contributed by atoms with Crippen LogP contribution in [0.25, 0.3) is 44.4 Å². The number of allylic oxidation sites excluding steroid dienone is 9. The van der Waals surface area contributed by atoms with Gasteiger partial charge in [0, 0.05) is 28.7 Å². The molecule has 47 heavy (non-hydrogen) atoms. The lowest BCUT2D eigenvalue weighted by Crippen LogP contribution is -2.03. The summed E-state index contributed by atoms with van der Waals surface area (Å²) in [6.45, 7) is 14.5. The fraction of sp³-hybridized carbons (Fsp3) is 0.0698. The van der Waals surface area contributed by atoms with Crippen LogP contribution in [-0.4, -0.2) is 25.2 Å². The highest BCUT2D eigenvalue weighted by atomic mass is 32.2. The molecule has 0 unspecified atom stereocenters. The van der Waals surface area contributed by atoms with E-state index in [1.807, 2.05) is 36.0 Å². The Balaban J connectivity index is 1.38. The summed E-state index contributed by atoms with van der Waals surface area (Å²) >= 11 is 1.81. The Hall–Kier alpha value is -5.45. The van der Waals surface area contributed by atoms with Crippen LogP contribution in [0.15, 0.2) is 172 Å². The van der Waals surface area contributed by atoms with Crippen molar-refractivity contribution >= 4 is 52.0 Å². The number of hydrogen-bond acceptors (Lipinski definition) is 4. The lowest BCUT2D eigenvalue weighted by molar-refractivity contribution is 0.606. The molecule has 0 saturated carbocycles. The standard InChI is InChI=1S/C43H36N2OS/c1-6-30(37-19-14-18-36-29(3)15-10-9-13-26-47-43(36)37)27-31(7-2)40(44-4)42-41(45-5)38-28-35(24-25-39(38)46-42)34-22-20-33(21-23-34)32-16-11-8-12-17-32/h6-25,27-28H,2-3,5,26H2,1,4H3/b13-9-,15-10-,30-6+,31-27+,44-40-. The van der Waals surface area contributed by atoms with Crippen LogP contribution in [0.4, 0.5) is 5.69 Å². The highest BCUT2D eigenvalue weighted by Crippen LogP contribution is 2.40. The lowest BCUT2D eigenvalue weighted by Gasteiger charge is -2.16. The molecule has 6 rings (SSSR count). The van der Waals surface area contributed by atoms with Gasteiger partial charge in [0.15, 0.2) is 5.76 Å². The Bertz CT molecular complexity index is 2140. The molecule has 0 fully saturated rings. The molecule has 4 heteroatoms. The summed E-state index contributed by atoms with van der Waals surface area (Å²) in [6, 6.07) is 31.6. The molecule has 0 amide bonds. The van der Waals surface area contributed by atoms with Gasteiger partial charge in [0.05, 0.1) is 0 Å². The van der Waals surface area contributed by atoms with Gasteiger partial charge in [-0.1, -0.05) is 128 Å². The molecule has 1 aromatic heterocycles. The number of thioether (sulfide) groups is 1. The van der Waals surface area contributed by atoms with Crippen molar-refractivity contribution in [2.24, 2.45) is 9.98 Å². The molecule has 0 radical (unpaired) electrons. The Morgan fingerprint density at radius 2 is 1.60 bits per heavy atom. The number of fused-ring (bicyclic) bond motifs is 2. The second-order valence-electron chi connectivity index (χ2n) is 11.0. The summed E-state index contributed by atoms with van der Waals surface area (Å²) in [5.74, 6) is 1.43. The van der Waals surface area contributed by atoms with Crippen molar-refractivity contribution in [2.75, 3.05) is 12.8 Å². The molecule has 0 saturated heterocycles. The van der Waals surface area contributed by atoms with E-state index < -0.39 is 0 Å². The molecule has 0 spiro atoms. The first kappa shape index (κ1) is 31.5.